The van der Waals surface area contributed by atoms with Crippen molar-refractivity contribution in [1.82, 2.24) is 0 Å². The van der Waals surface area contributed by atoms with Crippen molar-refractivity contribution in [2.24, 2.45) is 23.7 Å². The predicted octanol–water partition coefficient (Wildman–Crippen LogP) is 2.33. The number of rotatable bonds is 3. The van der Waals surface area contributed by atoms with Crippen LogP contribution in [0.2, 0.25) is 0 Å². The van der Waals surface area contributed by atoms with Crippen molar-refractivity contribution >= 4 is 23.5 Å². The van der Waals surface area contributed by atoms with Crippen LogP contribution in [0.5, 0.6) is 23.0 Å². The number of ether oxygens (including phenoxy) is 1. The third-order valence-electron chi connectivity index (χ3n) is 6.08. The number of hydrogen-bond acceptors (Lipinski definition) is 7. The first kappa shape index (κ1) is 18.2. The van der Waals surface area contributed by atoms with E-state index in [9.17, 15) is 29.7 Å². The number of amides is 2. The third-order valence-corrected chi connectivity index (χ3v) is 6.08. The van der Waals surface area contributed by atoms with Crippen LogP contribution >= 0.6 is 0 Å². The zero-order valence-corrected chi connectivity index (χ0v) is 15.6. The summed E-state index contributed by atoms with van der Waals surface area (Å²) in [5.74, 6) is -3.47. The molecule has 3 N–H and O–H groups in total. The molecule has 4 atom stereocenters. The summed E-state index contributed by atoms with van der Waals surface area (Å²) in [5, 5.41) is 28.4. The highest BCUT2D eigenvalue weighted by Gasteiger charge is 2.59. The fourth-order valence-electron chi connectivity index (χ4n) is 4.71. The lowest BCUT2D eigenvalue weighted by atomic mass is 9.85. The first-order chi connectivity index (χ1) is 14.3. The second kappa shape index (κ2) is 6.35. The van der Waals surface area contributed by atoms with Crippen molar-refractivity contribution in [3.8, 4) is 23.0 Å². The van der Waals surface area contributed by atoms with Gasteiger partial charge in [-0.25, -0.2) is 4.79 Å². The minimum atomic E-state index is -0.862. The summed E-state index contributed by atoms with van der Waals surface area (Å²) in [5.41, 5.74) is 0.256. The van der Waals surface area contributed by atoms with Gasteiger partial charge in [-0.3, -0.25) is 14.5 Å². The van der Waals surface area contributed by atoms with Gasteiger partial charge in [0.2, 0.25) is 11.8 Å². The molecular weight excluding hydrogens is 390 g/mol. The molecule has 1 saturated carbocycles. The SMILES string of the molecule is O=C(Oc1ccc(N2C(=O)C3C4C=CC(C4)C3C2=O)cc1)c1cc(O)c(O)c(O)c1. The summed E-state index contributed by atoms with van der Waals surface area (Å²) >= 11 is 0. The van der Waals surface area contributed by atoms with Gasteiger partial charge in [-0.05, 0) is 54.7 Å². The van der Waals surface area contributed by atoms with E-state index < -0.39 is 23.2 Å². The molecule has 5 rings (SSSR count). The van der Waals surface area contributed by atoms with E-state index in [1.165, 1.54) is 29.2 Å². The zero-order valence-electron chi connectivity index (χ0n) is 15.6. The normalized spacial score (nSPS) is 26.3. The number of benzene rings is 2. The second-order valence-corrected chi connectivity index (χ2v) is 7.76. The van der Waals surface area contributed by atoms with Gasteiger partial charge in [0, 0.05) is 0 Å². The number of carbonyl (C=O) groups is 3. The second-order valence-electron chi connectivity index (χ2n) is 7.76. The lowest BCUT2D eigenvalue weighted by Gasteiger charge is -2.17. The summed E-state index contributed by atoms with van der Waals surface area (Å²) in [4.78, 5) is 39.1. The van der Waals surface area contributed by atoms with Crippen LogP contribution in [-0.4, -0.2) is 33.1 Å². The molecule has 8 heteroatoms. The van der Waals surface area contributed by atoms with Crippen LogP contribution in [0.3, 0.4) is 0 Å². The highest BCUT2D eigenvalue weighted by Crippen LogP contribution is 2.53. The van der Waals surface area contributed by atoms with Crippen LogP contribution in [-0.2, 0) is 9.59 Å². The van der Waals surface area contributed by atoms with E-state index in [2.05, 4.69) is 0 Å². The van der Waals surface area contributed by atoms with Crippen molar-refractivity contribution in [3.05, 3.63) is 54.1 Å². The average Bonchev–Trinajstić information content (AvgIpc) is 3.40. The zero-order chi connectivity index (χ0) is 21.2. The highest BCUT2D eigenvalue weighted by molar-refractivity contribution is 6.22. The lowest BCUT2D eigenvalue weighted by molar-refractivity contribution is -0.123. The van der Waals surface area contributed by atoms with E-state index in [1.54, 1.807) is 0 Å². The molecule has 8 nitrogen and oxygen atoms in total. The van der Waals surface area contributed by atoms with Gasteiger partial charge in [-0.1, -0.05) is 12.2 Å². The number of esters is 1. The Labute approximate surface area is 170 Å². The van der Waals surface area contributed by atoms with E-state index in [4.69, 9.17) is 4.74 Å². The van der Waals surface area contributed by atoms with Gasteiger partial charge in [0.1, 0.15) is 5.75 Å². The Morgan fingerprint density at radius 2 is 1.43 bits per heavy atom. The Bertz CT molecular complexity index is 1070. The molecule has 4 unspecified atom stereocenters. The van der Waals surface area contributed by atoms with Crippen LogP contribution in [0.15, 0.2) is 48.6 Å². The van der Waals surface area contributed by atoms with E-state index >= 15 is 0 Å². The van der Waals surface area contributed by atoms with Gasteiger partial charge in [-0.2, -0.15) is 0 Å². The van der Waals surface area contributed by atoms with Crippen LogP contribution in [0, 0.1) is 23.7 Å². The summed E-state index contributed by atoms with van der Waals surface area (Å²) in [7, 11) is 0. The number of phenolic OH excluding ortho intramolecular Hbond substituents is 3. The van der Waals surface area contributed by atoms with Gasteiger partial charge < -0.3 is 20.1 Å². The largest absolute Gasteiger partial charge is 0.504 e. The molecule has 0 spiro atoms. The van der Waals surface area contributed by atoms with E-state index in [1.807, 2.05) is 12.2 Å². The summed E-state index contributed by atoms with van der Waals surface area (Å²) < 4.78 is 5.20. The fourth-order valence-corrected chi connectivity index (χ4v) is 4.71. The number of phenols is 3. The van der Waals surface area contributed by atoms with Gasteiger partial charge in [-0.15, -0.1) is 0 Å². The van der Waals surface area contributed by atoms with Crippen molar-refractivity contribution in [2.45, 2.75) is 6.42 Å². The number of fused-ring (bicyclic) bond motifs is 5. The topological polar surface area (TPSA) is 124 Å². The minimum Gasteiger partial charge on any atom is -0.504 e. The van der Waals surface area contributed by atoms with Crippen molar-refractivity contribution in [3.63, 3.8) is 0 Å². The Hall–Kier alpha value is -3.81. The highest BCUT2D eigenvalue weighted by atomic mass is 16.5. The maximum atomic E-state index is 12.8. The molecule has 2 aromatic rings. The first-order valence-electron chi connectivity index (χ1n) is 9.48. The molecule has 2 aromatic carbocycles. The number of anilines is 1. The summed E-state index contributed by atoms with van der Waals surface area (Å²) in [6.07, 6.45) is 4.92. The first-order valence-corrected chi connectivity index (χ1v) is 9.48. The molecule has 1 aliphatic heterocycles. The molecule has 2 fully saturated rings. The van der Waals surface area contributed by atoms with Crippen LogP contribution in [0.4, 0.5) is 5.69 Å². The summed E-state index contributed by atoms with van der Waals surface area (Å²) in [6.45, 7) is 0. The maximum absolute atomic E-state index is 12.8. The molecule has 0 radical (unpaired) electrons. The van der Waals surface area contributed by atoms with Gasteiger partial charge >= 0.3 is 5.97 Å². The van der Waals surface area contributed by atoms with Crippen LogP contribution in [0.1, 0.15) is 16.8 Å². The van der Waals surface area contributed by atoms with E-state index in [-0.39, 0.29) is 46.8 Å². The lowest BCUT2D eigenvalue weighted by Crippen LogP contribution is -2.32. The molecule has 2 aliphatic carbocycles. The standard InChI is InChI=1S/C22H17NO7/c24-15-8-12(9-16(25)19(15)26)22(29)30-14-5-3-13(4-6-14)23-20(27)17-10-1-2-11(7-10)18(17)21(23)28/h1-6,8-11,17-18,24-26H,7H2. The fraction of sp³-hybridized carbons (Fsp3) is 0.227. The molecule has 152 valence electrons. The predicted molar refractivity (Wildman–Crippen MR) is 103 cm³/mol. The molecule has 2 bridgehead atoms. The Morgan fingerprint density at radius 3 is 1.97 bits per heavy atom. The number of allylic oxidation sites excluding steroid dienone is 2. The molecule has 30 heavy (non-hydrogen) atoms. The maximum Gasteiger partial charge on any atom is 0.343 e. The number of carbonyl (C=O) groups excluding carboxylic acids is 3. The van der Waals surface area contributed by atoms with E-state index in [0.29, 0.717) is 5.69 Å². The molecule has 1 heterocycles. The number of hydrogen-bond donors (Lipinski definition) is 3. The van der Waals surface area contributed by atoms with Gasteiger partial charge in [0.15, 0.2) is 17.2 Å². The van der Waals surface area contributed by atoms with Crippen molar-refractivity contribution in [1.29, 1.82) is 0 Å². The number of nitrogens with zero attached hydrogens (tertiary/aromatic N) is 1. The van der Waals surface area contributed by atoms with Gasteiger partial charge in [0.05, 0.1) is 23.1 Å². The van der Waals surface area contributed by atoms with Crippen molar-refractivity contribution < 1.29 is 34.4 Å². The monoisotopic (exact) mass is 407 g/mol. The van der Waals surface area contributed by atoms with E-state index in [0.717, 1.165) is 18.6 Å². The average molecular weight is 407 g/mol. The molecule has 2 amide bonds. The summed E-state index contributed by atoms with van der Waals surface area (Å²) in [6, 6.07) is 7.90. The quantitative estimate of drug-likeness (QED) is 0.234. The van der Waals surface area contributed by atoms with Crippen LogP contribution < -0.4 is 9.64 Å². The molecule has 3 aliphatic rings. The molecule has 1 saturated heterocycles. The smallest absolute Gasteiger partial charge is 0.343 e. The number of aromatic hydroxyl groups is 3. The van der Waals surface area contributed by atoms with Crippen LogP contribution in [0.25, 0.3) is 0 Å². The Morgan fingerprint density at radius 1 is 0.900 bits per heavy atom. The number of imide groups is 1. The minimum absolute atomic E-state index is 0.125. The Balaban J connectivity index is 1.34. The molecule has 0 aromatic heterocycles. The molecular formula is C22H17NO7. The van der Waals surface area contributed by atoms with Crippen molar-refractivity contribution in [2.75, 3.05) is 4.90 Å². The third kappa shape index (κ3) is 2.57. The van der Waals surface area contributed by atoms with Gasteiger partial charge in [0.25, 0.3) is 0 Å². The Kier molecular flexibility index (Phi) is 3.86.